The van der Waals surface area contributed by atoms with E-state index in [0.29, 0.717) is 35.7 Å². The largest absolute Gasteiger partial charge is 0.491 e. The number of nitrogens with one attached hydrogen (secondary N) is 2. The zero-order valence-corrected chi connectivity index (χ0v) is 25.6. The summed E-state index contributed by atoms with van der Waals surface area (Å²) in [5, 5.41) is 27.9. The minimum atomic E-state index is -0.918. The van der Waals surface area contributed by atoms with E-state index >= 15 is 0 Å². The van der Waals surface area contributed by atoms with Crippen LogP contribution in [0.5, 0.6) is 5.75 Å². The smallest absolute Gasteiger partial charge is 0.336 e. The van der Waals surface area contributed by atoms with Crippen LogP contribution in [0.25, 0.3) is 0 Å². The molecule has 0 aromatic heterocycles. The molecule has 0 amide bonds. The van der Waals surface area contributed by atoms with Crippen molar-refractivity contribution in [1.82, 2.24) is 10.6 Å². The summed E-state index contributed by atoms with van der Waals surface area (Å²) < 4.78 is 16.6. The summed E-state index contributed by atoms with van der Waals surface area (Å²) in [6.07, 6.45) is -0.232. The number of nitro groups is 1. The molecule has 0 saturated heterocycles. The summed E-state index contributed by atoms with van der Waals surface area (Å²) in [5.74, 6) is -1.58. The van der Waals surface area contributed by atoms with Gasteiger partial charge in [0.1, 0.15) is 18.5 Å². The fourth-order valence-corrected chi connectivity index (χ4v) is 4.66. The molecule has 2 aromatic carbocycles. The Morgan fingerprint density at radius 3 is 2.26 bits per heavy atom. The van der Waals surface area contributed by atoms with Gasteiger partial charge in [0, 0.05) is 42.0 Å². The first-order valence-electron chi connectivity index (χ1n) is 14.2. The maximum Gasteiger partial charge on any atom is 0.336 e. The lowest BCUT2D eigenvalue weighted by atomic mass is 9.80. The molecular formula is C32H41N3O8. The second kappa shape index (κ2) is 14.8. The number of hydrogen-bond acceptors (Lipinski definition) is 10. The van der Waals surface area contributed by atoms with E-state index < -0.39 is 28.9 Å². The molecule has 0 fully saturated rings. The van der Waals surface area contributed by atoms with Crippen molar-refractivity contribution in [3.8, 4) is 5.75 Å². The van der Waals surface area contributed by atoms with Crippen molar-refractivity contribution in [3.05, 3.63) is 92.3 Å². The molecule has 11 nitrogen and oxygen atoms in total. The molecule has 1 aliphatic rings. The number of aliphatic hydroxyl groups is 1. The Kier molecular flexibility index (Phi) is 11.4. The van der Waals surface area contributed by atoms with Gasteiger partial charge in [0.25, 0.3) is 5.69 Å². The number of carbonyl (C=O) groups excluding carboxylic acids is 2. The third-order valence-corrected chi connectivity index (χ3v) is 6.75. The summed E-state index contributed by atoms with van der Waals surface area (Å²) in [5.41, 5.74) is 2.38. The molecule has 3 N–H and O–H groups in total. The van der Waals surface area contributed by atoms with Crippen molar-refractivity contribution in [2.75, 3.05) is 26.4 Å². The van der Waals surface area contributed by atoms with Gasteiger partial charge in [-0.05, 0) is 64.8 Å². The van der Waals surface area contributed by atoms with Gasteiger partial charge in [0.15, 0.2) is 0 Å². The van der Waals surface area contributed by atoms with Gasteiger partial charge in [-0.1, -0.05) is 24.3 Å². The Bertz CT molecular complexity index is 1380. The zero-order chi connectivity index (χ0) is 31.7. The third kappa shape index (κ3) is 9.39. The average molecular weight is 596 g/mol. The van der Waals surface area contributed by atoms with Gasteiger partial charge >= 0.3 is 11.9 Å². The standard InChI is InChI=1S/C32H41N3O8/c1-7-41-30(37)27-20(2)34-21(3)28(29(27)23-9-8-10-24(17-23)35(39)40)31(38)42-16-15-22-11-13-26(14-12-22)43-19-25(36)18-33-32(4,5)6/h8-14,17,25,29,33-34,36H,7,15-16,18-19H2,1-6H3. The fraction of sp³-hybridized carbons (Fsp3) is 0.438. The highest BCUT2D eigenvalue weighted by Gasteiger charge is 2.38. The van der Waals surface area contributed by atoms with Crippen molar-refractivity contribution >= 4 is 17.6 Å². The van der Waals surface area contributed by atoms with Gasteiger partial charge in [-0.15, -0.1) is 0 Å². The second-order valence-electron chi connectivity index (χ2n) is 11.3. The summed E-state index contributed by atoms with van der Waals surface area (Å²) >= 11 is 0. The van der Waals surface area contributed by atoms with Crippen LogP contribution < -0.4 is 15.4 Å². The van der Waals surface area contributed by atoms with Gasteiger partial charge in [-0.2, -0.15) is 0 Å². The molecule has 0 saturated carbocycles. The van der Waals surface area contributed by atoms with E-state index in [9.17, 15) is 24.8 Å². The first-order valence-corrected chi connectivity index (χ1v) is 14.2. The molecule has 11 heteroatoms. The number of hydrogen-bond donors (Lipinski definition) is 3. The Balaban J connectivity index is 1.70. The Morgan fingerprint density at radius 1 is 1.05 bits per heavy atom. The summed E-state index contributed by atoms with van der Waals surface area (Å²) in [6.45, 7) is 11.9. The minimum absolute atomic E-state index is 0.0616. The highest BCUT2D eigenvalue weighted by molar-refractivity contribution is 6.00. The van der Waals surface area contributed by atoms with E-state index in [-0.39, 0.29) is 42.2 Å². The van der Waals surface area contributed by atoms with E-state index in [2.05, 4.69) is 10.6 Å². The molecule has 2 aromatic rings. The number of nitro benzene ring substituents is 1. The van der Waals surface area contributed by atoms with Crippen LogP contribution in [0.15, 0.2) is 71.1 Å². The quantitative estimate of drug-likeness (QED) is 0.174. The fourth-order valence-electron chi connectivity index (χ4n) is 4.66. The molecule has 0 bridgehead atoms. The van der Waals surface area contributed by atoms with Crippen LogP contribution in [0.2, 0.25) is 0 Å². The van der Waals surface area contributed by atoms with Crippen LogP contribution in [0, 0.1) is 10.1 Å². The summed E-state index contributed by atoms with van der Waals surface area (Å²) in [6, 6.07) is 13.1. The van der Waals surface area contributed by atoms with Crippen LogP contribution in [-0.2, 0) is 25.5 Å². The number of ether oxygens (including phenoxy) is 3. The highest BCUT2D eigenvalue weighted by atomic mass is 16.6. The molecule has 1 aliphatic heterocycles. The number of dihydropyridines is 1. The molecule has 0 radical (unpaired) electrons. The van der Waals surface area contributed by atoms with E-state index in [1.807, 2.05) is 32.9 Å². The van der Waals surface area contributed by atoms with Gasteiger partial charge in [-0.3, -0.25) is 10.1 Å². The summed E-state index contributed by atoms with van der Waals surface area (Å²) in [7, 11) is 0. The lowest BCUT2D eigenvalue weighted by Gasteiger charge is -2.30. The maximum atomic E-state index is 13.5. The predicted molar refractivity (Wildman–Crippen MR) is 161 cm³/mol. The molecule has 3 rings (SSSR count). The first-order chi connectivity index (χ1) is 20.3. The van der Waals surface area contributed by atoms with Crippen molar-refractivity contribution in [1.29, 1.82) is 0 Å². The number of rotatable bonds is 13. The van der Waals surface area contributed by atoms with Crippen molar-refractivity contribution in [2.24, 2.45) is 0 Å². The first kappa shape index (κ1) is 33.3. The Hall–Kier alpha value is -4.22. The van der Waals surface area contributed by atoms with Crippen LogP contribution >= 0.6 is 0 Å². The molecule has 2 atom stereocenters. The molecule has 0 spiro atoms. The third-order valence-electron chi connectivity index (χ3n) is 6.75. The number of esters is 2. The Labute approximate surface area is 252 Å². The summed E-state index contributed by atoms with van der Waals surface area (Å²) in [4.78, 5) is 37.4. The number of benzene rings is 2. The van der Waals surface area contributed by atoms with Crippen molar-refractivity contribution < 1.29 is 33.8 Å². The van der Waals surface area contributed by atoms with Crippen LogP contribution in [0.4, 0.5) is 5.69 Å². The molecule has 2 unspecified atom stereocenters. The van der Waals surface area contributed by atoms with Crippen LogP contribution in [-0.4, -0.2) is 60.0 Å². The SMILES string of the molecule is CCOC(=O)C1=C(C)NC(C)=C(C(=O)OCCc2ccc(OCC(O)CNC(C)(C)C)cc2)C1c1cccc([N+](=O)[O-])c1. The van der Waals surface area contributed by atoms with Gasteiger partial charge in [-0.25, -0.2) is 9.59 Å². The van der Waals surface area contributed by atoms with E-state index in [1.54, 1.807) is 39.0 Å². The van der Waals surface area contributed by atoms with E-state index in [0.717, 1.165) is 5.56 Å². The predicted octanol–water partition coefficient (Wildman–Crippen LogP) is 4.31. The van der Waals surface area contributed by atoms with E-state index in [1.165, 1.54) is 18.2 Å². The number of aliphatic hydroxyl groups excluding tert-OH is 1. The molecule has 1 heterocycles. The monoisotopic (exact) mass is 595 g/mol. The lowest BCUT2D eigenvalue weighted by molar-refractivity contribution is -0.384. The number of non-ortho nitro benzene ring substituents is 1. The number of nitrogens with zero attached hydrogens (tertiary/aromatic N) is 1. The number of carbonyl (C=O) groups is 2. The van der Waals surface area contributed by atoms with Crippen molar-refractivity contribution in [3.63, 3.8) is 0 Å². The van der Waals surface area contributed by atoms with Gasteiger partial charge in [0.05, 0.1) is 35.2 Å². The van der Waals surface area contributed by atoms with E-state index in [4.69, 9.17) is 14.2 Å². The van der Waals surface area contributed by atoms with Gasteiger partial charge in [0.2, 0.25) is 0 Å². The van der Waals surface area contributed by atoms with Gasteiger partial charge < -0.3 is 30.0 Å². The highest BCUT2D eigenvalue weighted by Crippen LogP contribution is 2.40. The van der Waals surface area contributed by atoms with Crippen LogP contribution in [0.1, 0.15) is 58.6 Å². The average Bonchev–Trinajstić information content (AvgIpc) is 2.95. The Morgan fingerprint density at radius 2 is 1.67 bits per heavy atom. The zero-order valence-electron chi connectivity index (χ0n) is 25.6. The normalized spacial score (nSPS) is 15.9. The molecule has 43 heavy (non-hydrogen) atoms. The molecule has 0 aliphatic carbocycles. The molecular weight excluding hydrogens is 554 g/mol. The maximum absolute atomic E-state index is 13.5. The lowest BCUT2D eigenvalue weighted by Crippen LogP contribution is -2.42. The van der Waals surface area contributed by atoms with Crippen LogP contribution in [0.3, 0.4) is 0 Å². The second-order valence-corrected chi connectivity index (χ2v) is 11.3. The molecule has 232 valence electrons. The minimum Gasteiger partial charge on any atom is -0.491 e. The topological polar surface area (TPSA) is 149 Å². The number of β-amino-alcohol motifs (C(OH)–C–C–N with tert-alkyl or cyclic N) is 1. The number of allylic oxidation sites excluding steroid dienone is 2. The van der Waals surface area contributed by atoms with Crippen molar-refractivity contribution in [2.45, 2.75) is 65.5 Å².